The highest BCUT2D eigenvalue weighted by molar-refractivity contribution is 8.04. The van der Waals surface area contributed by atoms with Gasteiger partial charge in [-0.1, -0.05) is 38.6 Å². The van der Waals surface area contributed by atoms with Gasteiger partial charge in [-0.05, 0) is 24.6 Å². The molecule has 0 aromatic heterocycles. The van der Waals surface area contributed by atoms with Crippen molar-refractivity contribution < 1.29 is 23.9 Å². The number of ether oxygens (including phenoxy) is 2. The maximum Gasteiger partial charge on any atom is 0.240 e. The van der Waals surface area contributed by atoms with E-state index in [2.05, 4.69) is 5.32 Å². The van der Waals surface area contributed by atoms with Gasteiger partial charge in [-0.25, -0.2) is 0 Å². The second-order valence-electron chi connectivity index (χ2n) is 7.77. The number of carbonyl (C=O) groups is 3. The van der Waals surface area contributed by atoms with Crippen LogP contribution in [0.5, 0.6) is 11.5 Å². The maximum absolute atomic E-state index is 12.5. The molecule has 1 saturated heterocycles. The topological polar surface area (TPSA) is 84.9 Å². The molecule has 0 radical (unpaired) electrons. The number of amides is 2. The Kier molecular flexibility index (Phi) is 5.69. The van der Waals surface area contributed by atoms with Crippen LogP contribution in [-0.4, -0.2) is 41.6 Å². The lowest BCUT2D eigenvalue weighted by Crippen LogP contribution is -2.38. The normalized spacial score (nSPS) is 18.5. The third-order valence-corrected chi connectivity index (χ3v) is 5.51. The van der Waals surface area contributed by atoms with Gasteiger partial charge in [0.05, 0.1) is 16.8 Å². The van der Waals surface area contributed by atoms with Crippen molar-refractivity contribution >= 4 is 29.4 Å². The van der Waals surface area contributed by atoms with Gasteiger partial charge in [-0.3, -0.25) is 19.3 Å². The number of hydrogen-bond donors (Lipinski definition) is 1. The average molecular weight is 404 g/mol. The first-order chi connectivity index (χ1) is 13.1. The summed E-state index contributed by atoms with van der Waals surface area (Å²) >= 11 is 1.28. The Morgan fingerprint density at radius 1 is 1.29 bits per heavy atom. The molecule has 2 aliphatic heterocycles. The van der Waals surface area contributed by atoms with Gasteiger partial charge in [-0.2, -0.15) is 0 Å². The number of nitrogens with one attached hydrogen (secondary N) is 1. The van der Waals surface area contributed by atoms with E-state index in [4.69, 9.17) is 9.47 Å². The van der Waals surface area contributed by atoms with Crippen LogP contribution in [0.4, 0.5) is 0 Å². The summed E-state index contributed by atoms with van der Waals surface area (Å²) in [7, 11) is 0. The predicted octanol–water partition coefficient (Wildman–Crippen LogP) is 2.62. The average Bonchev–Trinajstić information content (AvgIpc) is 3.21. The zero-order valence-electron chi connectivity index (χ0n) is 16.4. The highest BCUT2D eigenvalue weighted by Gasteiger charge is 2.31. The van der Waals surface area contributed by atoms with Crippen LogP contribution in [0.15, 0.2) is 29.3 Å². The van der Waals surface area contributed by atoms with Crippen LogP contribution in [0.3, 0.4) is 0 Å². The van der Waals surface area contributed by atoms with E-state index < -0.39 is 5.41 Å². The van der Waals surface area contributed by atoms with Crippen LogP contribution in [0.25, 0.3) is 0 Å². The molecule has 2 heterocycles. The maximum atomic E-state index is 12.5. The Balaban J connectivity index is 1.65. The summed E-state index contributed by atoms with van der Waals surface area (Å²) in [6.45, 7) is 7.38. The number of carbonyl (C=O) groups excluding carboxylic acids is 3. The molecule has 2 amide bonds. The van der Waals surface area contributed by atoms with Gasteiger partial charge in [0.1, 0.15) is 6.54 Å². The van der Waals surface area contributed by atoms with Crippen molar-refractivity contribution in [1.29, 1.82) is 0 Å². The Hall–Kier alpha value is -2.48. The van der Waals surface area contributed by atoms with Crippen LogP contribution in [-0.2, 0) is 14.4 Å². The first-order valence-corrected chi connectivity index (χ1v) is 10.0. The van der Waals surface area contributed by atoms with Gasteiger partial charge in [-0.15, -0.1) is 0 Å². The van der Waals surface area contributed by atoms with E-state index in [1.54, 1.807) is 6.07 Å². The number of allylic oxidation sites excluding steroid dienone is 1. The largest absolute Gasteiger partial charge is 0.454 e. The van der Waals surface area contributed by atoms with E-state index in [0.717, 1.165) is 5.56 Å². The van der Waals surface area contributed by atoms with Crippen LogP contribution in [0.1, 0.15) is 39.3 Å². The first kappa shape index (κ1) is 20.3. The smallest absolute Gasteiger partial charge is 0.240 e. The highest BCUT2D eigenvalue weighted by atomic mass is 32.2. The molecule has 28 heavy (non-hydrogen) atoms. The Labute approximate surface area is 168 Å². The molecular formula is C20H24N2O5S. The summed E-state index contributed by atoms with van der Waals surface area (Å²) in [6.07, 6.45) is 1.46. The fourth-order valence-corrected chi connectivity index (χ4v) is 3.67. The summed E-state index contributed by atoms with van der Waals surface area (Å²) in [6, 6.07) is 5.23. The zero-order chi connectivity index (χ0) is 20.5. The molecule has 150 valence electrons. The highest BCUT2D eigenvalue weighted by Crippen LogP contribution is 2.34. The molecule has 0 bridgehead atoms. The SMILES string of the molecule is C[C@H](NC(=O)CN1C(=O)CS/C1=C\C(=O)C(C)(C)C)c1ccc2c(c1)OCO2. The van der Waals surface area contributed by atoms with Crippen molar-refractivity contribution in [3.05, 3.63) is 34.9 Å². The molecule has 3 rings (SSSR count). The van der Waals surface area contributed by atoms with Gasteiger partial charge >= 0.3 is 0 Å². The Morgan fingerprint density at radius 3 is 2.71 bits per heavy atom. The van der Waals surface area contributed by atoms with Gasteiger partial charge in [0.15, 0.2) is 17.3 Å². The van der Waals surface area contributed by atoms with Crippen LogP contribution in [0.2, 0.25) is 0 Å². The van der Waals surface area contributed by atoms with Crippen molar-refractivity contribution in [2.24, 2.45) is 5.41 Å². The molecule has 2 aliphatic rings. The van der Waals surface area contributed by atoms with Gasteiger partial charge < -0.3 is 14.8 Å². The van der Waals surface area contributed by atoms with E-state index in [1.807, 2.05) is 39.8 Å². The number of ketones is 1. The standard InChI is InChI=1S/C20H24N2O5S/c1-12(13-5-6-14-15(7-13)27-11-26-14)21-17(24)9-22-18(25)10-28-19(22)8-16(23)20(2,3)4/h5-8,12H,9-11H2,1-4H3,(H,21,24)/b19-8-/t12-/m0/s1. The zero-order valence-corrected chi connectivity index (χ0v) is 17.2. The molecule has 1 fully saturated rings. The van der Waals surface area contributed by atoms with Crippen LogP contribution < -0.4 is 14.8 Å². The monoisotopic (exact) mass is 404 g/mol. The van der Waals surface area contributed by atoms with E-state index in [9.17, 15) is 14.4 Å². The van der Waals surface area contributed by atoms with Crippen molar-refractivity contribution in [2.45, 2.75) is 33.7 Å². The Bertz CT molecular complexity index is 843. The summed E-state index contributed by atoms with van der Waals surface area (Å²) in [5.41, 5.74) is 0.333. The number of hydrogen-bond acceptors (Lipinski definition) is 6. The number of benzene rings is 1. The predicted molar refractivity (Wildman–Crippen MR) is 106 cm³/mol. The van der Waals surface area contributed by atoms with Crippen LogP contribution >= 0.6 is 11.8 Å². The minimum atomic E-state index is -0.541. The summed E-state index contributed by atoms with van der Waals surface area (Å²) in [4.78, 5) is 38.3. The molecule has 0 saturated carbocycles. The molecule has 1 N–H and O–H groups in total. The molecule has 1 atom stereocenters. The minimum absolute atomic E-state index is 0.0798. The van der Waals surface area contributed by atoms with Gasteiger partial charge in [0.2, 0.25) is 18.6 Å². The second-order valence-corrected chi connectivity index (χ2v) is 8.76. The third kappa shape index (κ3) is 4.49. The fraction of sp³-hybridized carbons (Fsp3) is 0.450. The molecule has 1 aromatic rings. The van der Waals surface area contributed by atoms with E-state index >= 15 is 0 Å². The lowest BCUT2D eigenvalue weighted by Gasteiger charge is -2.21. The minimum Gasteiger partial charge on any atom is -0.454 e. The quantitative estimate of drug-likeness (QED) is 0.760. The molecular weight excluding hydrogens is 380 g/mol. The van der Waals surface area contributed by atoms with E-state index in [0.29, 0.717) is 16.5 Å². The summed E-state index contributed by atoms with van der Waals surface area (Å²) in [5.74, 6) is 1.01. The van der Waals surface area contributed by atoms with Gasteiger partial charge in [0.25, 0.3) is 0 Å². The third-order valence-electron chi connectivity index (χ3n) is 4.48. The molecule has 7 nitrogen and oxygen atoms in total. The number of rotatable bonds is 5. The van der Waals surface area contributed by atoms with Crippen molar-refractivity contribution in [1.82, 2.24) is 10.2 Å². The molecule has 0 spiro atoms. The van der Waals surface area contributed by atoms with E-state index in [1.165, 1.54) is 22.7 Å². The lowest BCUT2D eigenvalue weighted by molar-refractivity contribution is -0.131. The number of thioether (sulfide) groups is 1. The molecule has 1 aromatic carbocycles. The number of nitrogens with zero attached hydrogens (tertiary/aromatic N) is 1. The molecule has 0 aliphatic carbocycles. The summed E-state index contributed by atoms with van der Waals surface area (Å²) in [5, 5.41) is 3.41. The Morgan fingerprint density at radius 2 is 2.00 bits per heavy atom. The van der Waals surface area contributed by atoms with Crippen molar-refractivity contribution in [3.63, 3.8) is 0 Å². The lowest BCUT2D eigenvalue weighted by atomic mass is 9.91. The second kappa shape index (κ2) is 7.87. The fourth-order valence-electron chi connectivity index (χ4n) is 2.73. The molecule has 0 unspecified atom stereocenters. The van der Waals surface area contributed by atoms with Crippen LogP contribution in [0, 0.1) is 5.41 Å². The van der Waals surface area contributed by atoms with Crippen molar-refractivity contribution in [2.75, 3.05) is 19.1 Å². The summed E-state index contributed by atoms with van der Waals surface area (Å²) < 4.78 is 10.7. The van der Waals surface area contributed by atoms with Gasteiger partial charge in [0, 0.05) is 11.5 Å². The first-order valence-electron chi connectivity index (χ1n) is 9.03. The number of fused-ring (bicyclic) bond motifs is 1. The molecule has 8 heteroatoms. The van der Waals surface area contributed by atoms with Crippen molar-refractivity contribution in [3.8, 4) is 11.5 Å². The van der Waals surface area contributed by atoms with E-state index in [-0.39, 0.29) is 42.7 Å².